The van der Waals surface area contributed by atoms with Gasteiger partial charge in [0.05, 0.1) is 0 Å². The molecule has 0 heterocycles. The number of benzene rings is 2. The van der Waals surface area contributed by atoms with E-state index in [1.54, 1.807) is 0 Å². The summed E-state index contributed by atoms with van der Waals surface area (Å²) >= 11 is 0. The van der Waals surface area contributed by atoms with E-state index in [2.05, 4.69) is 37.8 Å². The molecule has 0 bridgehead atoms. The monoisotopic (exact) mass is 703 g/mol. The normalized spacial score (nSPS) is 38.8. The third kappa shape index (κ3) is 5.37. The standard InChI is InChI=1S/C45H53NO6/c1-5-44(49)23-19-37-35-11-7-27-25-29(9-13-31(27)33(35)17-21-42(37,44)3)51-40(47)16-15-39(46)41(48)52-30-10-14-32-28(26-30)8-12-36-34(32)18-22-43(4)38(36)20-24-45(43,50)6-2/h1-2,9-10,13-14,25-26,33-39,49-50H,7-8,11-12,15-24,46H2,3-4H3/t33-,34-,35-,36-,37+,38+,39?,42+,43+,44+,45+/m1/s1. The minimum absolute atomic E-state index is 0.00144. The van der Waals surface area contributed by atoms with E-state index in [1.165, 1.54) is 22.3 Å². The maximum Gasteiger partial charge on any atom is 0.328 e. The number of hydrogen-bond donors (Lipinski definition) is 3. The molecular formula is C45H53NO6. The van der Waals surface area contributed by atoms with E-state index in [0.29, 0.717) is 59.8 Å². The largest absolute Gasteiger partial charge is 0.427 e. The van der Waals surface area contributed by atoms with Crippen LogP contribution in [-0.2, 0) is 22.4 Å². The van der Waals surface area contributed by atoms with Crippen LogP contribution in [0.15, 0.2) is 36.4 Å². The number of carbonyl (C=O) groups excluding carboxylic acids is 2. The van der Waals surface area contributed by atoms with Gasteiger partial charge in [-0.25, -0.2) is 4.79 Å². The molecule has 7 heteroatoms. The molecular weight excluding hydrogens is 650 g/mol. The Labute approximate surface area is 308 Å². The summed E-state index contributed by atoms with van der Waals surface area (Å²) in [5.74, 6) is 8.12. The van der Waals surface area contributed by atoms with E-state index in [-0.39, 0.29) is 23.7 Å². The maximum atomic E-state index is 13.0. The summed E-state index contributed by atoms with van der Waals surface area (Å²) in [4.78, 5) is 25.9. The molecule has 11 atom stereocenters. The van der Waals surface area contributed by atoms with E-state index in [4.69, 9.17) is 28.1 Å². The molecule has 0 spiro atoms. The average molecular weight is 704 g/mol. The minimum Gasteiger partial charge on any atom is -0.427 e. The number of terminal acetylenes is 2. The number of rotatable bonds is 6. The molecule has 0 aromatic heterocycles. The number of hydrogen-bond acceptors (Lipinski definition) is 7. The Hall–Kier alpha value is -3.62. The Morgan fingerprint density at radius 3 is 1.73 bits per heavy atom. The van der Waals surface area contributed by atoms with Crippen molar-refractivity contribution in [2.75, 3.05) is 0 Å². The molecule has 274 valence electrons. The first-order valence-electron chi connectivity index (χ1n) is 19.7. The molecule has 4 fully saturated rings. The average Bonchev–Trinajstić information content (AvgIpc) is 3.58. The van der Waals surface area contributed by atoms with Crippen molar-refractivity contribution in [1.29, 1.82) is 0 Å². The van der Waals surface area contributed by atoms with Crippen molar-refractivity contribution in [1.82, 2.24) is 0 Å². The molecule has 6 aliphatic carbocycles. The molecule has 0 saturated heterocycles. The first kappa shape index (κ1) is 35.4. The molecule has 0 aliphatic heterocycles. The Bertz CT molecular complexity index is 1870. The van der Waals surface area contributed by atoms with Gasteiger partial charge < -0.3 is 25.4 Å². The Balaban J connectivity index is 0.840. The molecule has 4 N–H and O–H groups in total. The lowest BCUT2D eigenvalue weighted by Gasteiger charge is -2.52. The Kier molecular flexibility index (Phi) is 8.69. The van der Waals surface area contributed by atoms with Crippen LogP contribution in [0, 0.1) is 59.2 Å². The molecule has 52 heavy (non-hydrogen) atoms. The fourth-order valence-electron chi connectivity index (χ4n) is 12.5. The number of ether oxygens (including phenoxy) is 2. The van der Waals surface area contributed by atoms with Gasteiger partial charge in [-0.1, -0.05) is 37.8 Å². The van der Waals surface area contributed by atoms with Crippen LogP contribution < -0.4 is 15.2 Å². The number of nitrogens with two attached hydrogens (primary N) is 1. The molecule has 4 saturated carbocycles. The van der Waals surface area contributed by atoms with E-state index < -0.39 is 29.2 Å². The molecule has 1 unspecified atom stereocenters. The van der Waals surface area contributed by atoms with Crippen LogP contribution in [0.4, 0.5) is 0 Å². The second kappa shape index (κ2) is 12.8. The lowest BCUT2D eigenvalue weighted by Crippen LogP contribution is -2.50. The van der Waals surface area contributed by atoms with Crippen LogP contribution in [0.25, 0.3) is 0 Å². The van der Waals surface area contributed by atoms with E-state index >= 15 is 0 Å². The summed E-state index contributed by atoms with van der Waals surface area (Å²) in [5, 5.41) is 22.4. The van der Waals surface area contributed by atoms with Crippen molar-refractivity contribution >= 4 is 11.9 Å². The van der Waals surface area contributed by atoms with Crippen molar-refractivity contribution in [2.45, 2.75) is 133 Å². The first-order valence-corrected chi connectivity index (χ1v) is 19.7. The number of aryl methyl sites for hydroxylation is 2. The second-order valence-electron chi connectivity index (χ2n) is 17.6. The fourth-order valence-corrected chi connectivity index (χ4v) is 12.5. The summed E-state index contributed by atoms with van der Waals surface area (Å²) < 4.78 is 11.4. The summed E-state index contributed by atoms with van der Waals surface area (Å²) in [7, 11) is 0. The number of fused-ring (bicyclic) bond motifs is 10. The summed E-state index contributed by atoms with van der Waals surface area (Å²) in [6, 6.07) is 11.0. The maximum absolute atomic E-state index is 13.0. The van der Waals surface area contributed by atoms with Crippen LogP contribution in [-0.4, -0.2) is 39.4 Å². The van der Waals surface area contributed by atoms with Gasteiger partial charge in [0.15, 0.2) is 0 Å². The van der Waals surface area contributed by atoms with E-state index in [0.717, 1.165) is 64.2 Å². The van der Waals surface area contributed by atoms with Crippen molar-refractivity contribution in [3.8, 4) is 36.2 Å². The summed E-state index contributed by atoms with van der Waals surface area (Å²) in [6.07, 6.45) is 22.7. The van der Waals surface area contributed by atoms with Gasteiger partial charge in [0.25, 0.3) is 0 Å². The van der Waals surface area contributed by atoms with E-state index in [9.17, 15) is 19.8 Å². The molecule has 2 aromatic rings. The molecule has 8 rings (SSSR count). The van der Waals surface area contributed by atoms with Crippen LogP contribution in [0.5, 0.6) is 11.5 Å². The van der Waals surface area contributed by atoms with Gasteiger partial charge in [0.2, 0.25) is 0 Å². The highest BCUT2D eigenvalue weighted by atomic mass is 16.5. The predicted octanol–water partition coefficient (Wildman–Crippen LogP) is 6.75. The van der Waals surface area contributed by atoms with Gasteiger partial charge in [-0.05, 0) is 165 Å². The summed E-state index contributed by atoms with van der Waals surface area (Å²) in [5.41, 5.74) is 8.77. The van der Waals surface area contributed by atoms with Crippen molar-refractivity contribution < 1.29 is 29.3 Å². The lowest BCUT2D eigenvalue weighted by atomic mass is 9.53. The van der Waals surface area contributed by atoms with Gasteiger partial charge in [-0.3, -0.25) is 4.79 Å². The van der Waals surface area contributed by atoms with Crippen molar-refractivity contribution in [3.63, 3.8) is 0 Å². The number of esters is 2. The second-order valence-corrected chi connectivity index (χ2v) is 17.6. The molecule has 2 aromatic carbocycles. The lowest BCUT2D eigenvalue weighted by molar-refractivity contribution is -0.137. The highest BCUT2D eigenvalue weighted by molar-refractivity contribution is 5.79. The fraction of sp³-hybridized carbons (Fsp3) is 0.600. The zero-order valence-corrected chi connectivity index (χ0v) is 30.7. The molecule has 0 amide bonds. The van der Waals surface area contributed by atoms with Gasteiger partial charge in [0, 0.05) is 17.3 Å². The quantitative estimate of drug-likeness (QED) is 0.173. The molecule has 7 nitrogen and oxygen atoms in total. The minimum atomic E-state index is -1.02. The topological polar surface area (TPSA) is 119 Å². The third-order valence-corrected chi connectivity index (χ3v) is 15.6. The summed E-state index contributed by atoms with van der Waals surface area (Å²) in [6.45, 7) is 4.38. The van der Waals surface area contributed by atoms with Crippen molar-refractivity contribution in [2.24, 2.45) is 40.2 Å². The smallest absolute Gasteiger partial charge is 0.328 e. The predicted molar refractivity (Wildman–Crippen MR) is 198 cm³/mol. The Morgan fingerprint density at radius 1 is 0.769 bits per heavy atom. The highest BCUT2D eigenvalue weighted by Gasteiger charge is 2.62. The van der Waals surface area contributed by atoms with E-state index in [1.807, 2.05) is 24.3 Å². The number of aliphatic hydroxyl groups is 2. The van der Waals surface area contributed by atoms with Crippen LogP contribution in [0.2, 0.25) is 0 Å². The van der Waals surface area contributed by atoms with Gasteiger partial charge in [-0.15, -0.1) is 12.8 Å². The first-order chi connectivity index (χ1) is 24.8. The zero-order valence-electron chi connectivity index (χ0n) is 30.7. The number of carbonyl (C=O) groups is 2. The van der Waals surface area contributed by atoms with Gasteiger partial charge >= 0.3 is 11.9 Å². The van der Waals surface area contributed by atoms with Crippen LogP contribution >= 0.6 is 0 Å². The van der Waals surface area contributed by atoms with Crippen LogP contribution in [0.3, 0.4) is 0 Å². The van der Waals surface area contributed by atoms with Gasteiger partial charge in [0.1, 0.15) is 28.7 Å². The molecule has 0 radical (unpaired) electrons. The molecule has 6 aliphatic rings. The SMILES string of the molecule is C#C[C@]1(O)CC[C@H]2[C@@H]3CCc4cc(OC(=O)CCC(N)C(=O)Oc5ccc6c(c5)CC[C@@H]5[C@@H]6CC[C@@]6(C)[C@H]5CC[C@@]6(O)C#C)ccc4[C@H]3CC[C@@]21C. The van der Waals surface area contributed by atoms with Gasteiger partial charge in [-0.2, -0.15) is 0 Å². The highest BCUT2D eigenvalue weighted by Crippen LogP contribution is 2.65. The zero-order chi connectivity index (χ0) is 36.6. The Morgan fingerprint density at radius 2 is 1.25 bits per heavy atom. The third-order valence-electron chi connectivity index (χ3n) is 15.6. The van der Waals surface area contributed by atoms with Crippen LogP contribution in [0.1, 0.15) is 125 Å². The van der Waals surface area contributed by atoms with Crippen molar-refractivity contribution in [3.05, 3.63) is 58.7 Å².